The number of ether oxygens (including phenoxy) is 2. The minimum absolute atomic E-state index is 0.225. The molecule has 1 amide bonds. The lowest BCUT2D eigenvalue weighted by atomic mass is 10.0. The minimum atomic E-state index is -0.258. The van der Waals surface area contributed by atoms with E-state index in [2.05, 4.69) is 12.2 Å². The number of primary amides is 1. The molecule has 0 aliphatic carbocycles. The molecule has 3 N–H and O–H groups in total. The first-order valence-electron chi connectivity index (χ1n) is 6.86. The van der Waals surface area contributed by atoms with Gasteiger partial charge in [-0.3, -0.25) is 4.79 Å². The molecule has 1 atom stereocenters. The molecular weight excluding hydrogens is 256 g/mol. The van der Waals surface area contributed by atoms with Gasteiger partial charge in [0.15, 0.2) is 11.5 Å². The van der Waals surface area contributed by atoms with Crippen molar-refractivity contribution in [2.45, 2.75) is 32.2 Å². The zero-order valence-corrected chi connectivity index (χ0v) is 12.4. The molecule has 1 rings (SSSR count). The van der Waals surface area contributed by atoms with Crippen LogP contribution in [0.25, 0.3) is 0 Å². The Bertz CT molecular complexity index is 435. The Morgan fingerprint density at radius 1 is 1.30 bits per heavy atom. The van der Waals surface area contributed by atoms with Gasteiger partial charge in [0, 0.05) is 12.5 Å². The smallest absolute Gasteiger partial charge is 0.217 e. The first-order valence-corrected chi connectivity index (χ1v) is 6.86. The summed E-state index contributed by atoms with van der Waals surface area (Å²) in [5.41, 5.74) is 6.27. The molecule has 20 heavy (non-hydrogen) atoms. The van der Waals surface area contributed by atoms with Crippen molar-refractivity contribution in [3.8, 4) is 11.5 Å². The van der Waals surface area contributed by atoms with Crippen LogP contribution in [0.1, 0.15) is 37.8 Å². The standard InChI is InChI=1S/C15H24N2O3/c1-4-12(17-9-5-6-15(16)18)11-7-8-13(19-2)14(10-11)20-3/h7-8,10,12,17H,4-6,9H2,1-3H3,(H2,16,18). The third-order valence-corrected chi connectivity index (χ3v) is 3.21. The predicted octanol–water partition coefficient (Wildman–Crippen LogP) is 2.01. The number of carbonyl (C=O) groups excluding carboxylic acids is 1. The van der Waals surface area contributed by atoms with Gasteiger partial charge in [0.05, 0.1) is 14.2 Å². The second-order valence-electron chi connectivity index (χ2n) is 4.60. The molecule has 1 aromatic carbocycles. The maximum atomic E-state index is 10.7. The fraction of sp³-hybridized carbons (Fsp3) is 0.533. The van der Waals surface area contributed by atoms with E-state index in [1.165, 1.54) is 0 Å². The van der Waals surface area contributed by atoms with Crippen molar-refractivity contribution in [3.63, 3.8) is 0 Å². The van der Waals surface area contributed by atoms with Gasteiger partial charge in [0.1, 0.15) is 0 Å². The van der Waals surface area contributed by atoms with Crippen LogP contribution in [0.2, 0.25) is 0 Å². The monoisotopic (exact) mass is 280 g/mol. The summed E-state index contributed by atoms with van der Waals surface area (Å²) in [6.07, 6.45) is 2.11. The molecule has 0 aromatic heterocycles. The zero-order chi connectivity index (χ0) is 15.0. The highest BCUT2D eigenvalue weighted by molar-refractivity contribution is 5.73. The van der Waals surface area contributed by atoms with Crippen LogP contribution in [0.4, 0.5) is 0 Å². The highest BCUT2D eigenvalue weighted by atomic mass is 16.5. The third-order valence-electron chi connectivity index (χ3n) is 3.21. The van der Waals surface area contributed by atoms with Crippen LogP contribution in [0.5, 0.6) is 11.5 Å². The van der Waals surface area contributed by atoms with E-state index in [9.17, 15) is 4.79 Å². The quantitative estimate of drug-likeness (QED) is 0.679. The van der Waals surface area contributed by atoms with Gasteiger partial charge >= 0.3 is 0 Å². The molecule has 0 radical (unpaired) electrons. The summed E-state index contributed by atoms with van der Waals surface area (Å²) in [5, 5.41) is 3.43. The van der Waals surface area contributed by atoms with Gasteiger partial charge in [0.2, 0.25) is 5.91 Å². The summed E-state index contributed by atoms with van der Waals surface area (Å²) in [5.74, 6) is 1.19. The van der Waals surface area contributed by atoms with E-state index in [1.54, 1.807) is 14.2 Å². The lowest BCUT2D eigenvalue weighted by molar-refractivity contribution is -0.118. The van der Waals surface area contributed by atoms with Crippen molar-refractivity contribution >= 4 is 5.91 Å². The molecule has 0 bridgehead atoms. The fourth-order valence-electron chi connectivity index (χ4n) is 2.11. The number of carbonyl (C=O) groups is 1. The van der Waals surface area contributed by atoms with Gasteiger partial charge in [0.25, 0.3) is 0 Å². The Labute approximate surface area is 120 Å². The Morgan fingerprint density at radius 2 is 2.00 bits per heavy atom. The van der Waals surface area contributed by atoms with E-state index in [0.29, 0.717) is 6.42 Å². The molecule has 5 nitrogen and oxygen atoms in total. The summed E-state index contributed by atoms with van der Waals surface area (Å²) >= 11 is 0. The molecule has 0 aliphatic heterocycles. The number of hydrogen-bond acceptors (Lipinski definition) is 4. The lowest BCUT2D eigenvalue weighted by Crippen LogP contribution is -2.23. The largest absolute Gasteiger partial charge is 0.493 e. The summed E-state index contributed by atoms with van der Waals surface area (Å²) in [6.45, 7) is 2.87. The summed E-state index contributed by atoms with van der Waals surface area (Å²) in [6, 6.07) is 6.13. The van der Waals surface area contributed by atoms with Crippen molar-refractivity contribution in [1.29, 1.82) is 0 Å². The third kappa shape index (κ3) is 4.74. The molecular formula is C15H24N2O3. The van der Waals surface area contributed by atoms with Crippen molar-refractivity contribution in [2.24, 2.45) is 5.73 Å². The van der Waals surface area contributed by atoms with E-state index < -0.39 is 0 Å². The normalized spacial score (nSPS) is 11.9. The molecule has 0 heterocycles. The van der Waals surface area contributed by atoms with Crippen LogP contribution in [0, 0.1) is 0 Å². The van der Waals surface area contributed by atoms with Crippen LogP contribution >= 0.6 is 0 Å². The molecule has 1 unspecified atom stereocenters. The van der Waals surface area contributed by atoms with Crippen LogP contribution < -0.4 is 20.5 Å². The van der Waals surface area contributed by atoms with Crippen molar-refractivity contribution in [3.05, 3.63) is 23.8 Å². The van der Waals surface area contributed by atoms with Crippen molar-refractivity contribution < 1.29 is 14.3 Å². The number of amides is 1. The van der Waals surface area contributed by atoms with Gasteiger partial charge < -0.3 is 20.5 Å². The van der Waals surface area contributed by atoms with Gasteiger partial charge in [-0.05, 0) is 37.1 Å². The maximum Gasteiger partial charge on any atom is 0.217 e. The number of nitrogens with one attached hydrogen (secondary N) is 1. The topological polar surface area (TPSA) is 73.6 Å². The Balaban J connectivity index is 2.67. The second-order valence-corrected chi connectivity index (χ2v) is 4.60. The highest BCUT2D eigenvalue weighted by Gasteiger charge is 2.12. The van der Waals surface area contributed by atoms with Gasteiger partial charge in [-0.15, -0.1) is 0 Å². The molecule has 0 saturated carbocycles. The average molecular weight is 280 g/mol. The van der Waals surface area contributed by atoms with Crippen LogP contribution in [-0.2, 0) is 4.79 Å². The van der Waals surface area contributed by atoms with Gasteiger partial charge in [-0.1, -0.05) is 13.0 Å². The Morgan fingerprint density at radius 3 is 2.55 bits per heavy atom. The first kappa shape index (κ1) is 16.3. The highest BCUT2D eigenvalue weighted by Crippen LogP contribution is 2.30. The molecule has 5 heteroatoms. The second kappa shape index (κ2) is 8.43. The molecule has 0 spiro atoms. The van der Waals surface area contributed by atoms with E-state index in [1.807, 2.05) is 18.2 Å². The summed E-state index contributed by atoms with van der Waals surface area (Å²) < 4.78 is 10.5. The molecule has 0 aliphatic rings. The molecule has 1 aromatic rings. The number of nitrogens with two attached hydrogens (primary N) is 1. The van der Waals surface area contributed by atoms with Gasteiger partial charge in [-0.2, -0.15) is 0 Å². The van der Waals surface area contributed by atoms with Crippen LogP contribution in [0.3, 0.4) is 0 Å². The van der Waals surface area contributed by atoms with Crippen LogP contribution in [-0.4, -0.2) is 26.7 Å². The Hall–Kier alpha value is -1.75. The van der Waals surface area contributed by atoms with Crippen molar-refractivity contribution in [1.82, 2.24) is 5.32 Å². The maximum absolute atomic E-state index is 10.7. The summed E-state index contributed by atoms with van der Waals surface area (Å²) in [7, 11) is 3.25. The predicted molar refractivity (Wildman–Crippen MR) is 79.0 cm³/mol. The zero-order valence-electron chi connectivity index (χ0n) is 12.4. The van der Waals surface area contributed by atoms with Gasteiger partial charge in [-0.25, -0.2) is 0 Å². The van der Waals surface area contributed by atoms with E-state index in [-0.39, 0.29) is 11.9 Å². The van der Waals surface area contributed by atoms with E-state index >= 15 is 0 Å². The summed E-state index contributed by atoms with van der Waals surface area (Å²) in [4.78, 5) is 10.7. The first-order chi connectivity index (χ1) is 9.62. The number of hydrogen-bond donors (Lipinski definition) is 2. The number of methoxy groups -OCH3 is 2. The SMILES string of the molecule is CCC(NCCCC(N)=O)c1ccc(OC)c(OC)c1. The number of benzene rings is 1. The lowest BCUT2D eigenvalue weighted by Gasteiger charge is -2.19. The molecule has 0 saturated heterocycles. The molecule has 112 valence electrons. The van der Waals surface area contributed by atoms with Crippen molar-refractivity contribution in [2.75, 3.05) is 20.8 Å². The Kier molecular flexibility index (Phi) is 6.87. The number of rotatable bonds is 9. The average Bonchev–Trinajstić information content (AvgIpc) is 2.46. The van der Waals surface area contributed by atoms with Crippen LogP contribution in [0.15, 0.2) is 18.2 Å². The van der Waals surface area contributed by atoms with E-state index in [0.717, 1.165) is 36.4 Å². The van der Waals surface area contributed by atoms with E-state index in [4.69, 9.17) is 15.2 Å². The minimum Gasteiger partial charge on any atom is -0.493 e. The fourth-order valence-corrected chi connectivity index (χ4v) is 2.11. The molecule has 0 fully saturated rings.